The number of hydrogen-bond acceptors (Lipinski definition) is 3. The molecule has 3 nitrogen and oxygen atoms in total. The Morgan fingerprint density at radius 1 is 1.36 bits per heavy atom. The average Bonchev–Trinajstić information content (AvgIpc) is 2.16. The fraction of sp³-hybridized carbons (Fsp3) is 1.00. The summed E-state index contributed by atoms with van der Waals surface area (Å²) in [5.41, 5.74) is -0.577. The number of nitrogens with zero attached hydrogens (tertiary/aromatic N) is 1. The van der Waals surface area contributed by atoms with E-state index in [0.717, 1.165) is 5.92 Å². The molecule has 3 aliphatic heterocycles. The molecule has 3 heteroatoms. The number of piperidine rings is 3. The van der Waals surface area contributed by atoms with Gasteiger partial charge in [-0.25, -0.2) is 0 Å². The second-order valence-electron chi connectivity index (χ2n) is 5.44. The molecule has 0 spiro atoms. The van der Waals surface area contributed by atoms with Crippen LogP contribution in [0.1, 0.15) is 26.7 Å². The average molecular weight is 198 g/mol. The minimum atomic E-state index is -0.577. The number of hydrogen-bond donors (Lipinski definition) is 2. The third kappa shape index (κ3) is 2.47. The van der Waals surface area contributed by atoms with Gasteiger partial charge in [0.25, 0.3) is 0 Å². The first-order chi connectivity index (χ1) is 6.54. The van der Waals surface area contributed by atoms with Gasteiger partial charge in [0, 0.05) is 19.1 Å². The van der Waals surface area contributed by atoms with Crippen LogP contribution in [0.2, 0.25) is 0 Å². The maximum atomic E-state index is 9.64. The predicted octanol–water partition coefficient (Wildman–Crippen LogP) is 0.441. The molecule has 14 heavy (non-hydrogen) atoms. The largest absolute Gasteiger partial charge is 0.389 e. The van der Waals surface area contributed by atoms with E-state index in [1.54, 1.807) is 0 Å². The van der Waals surface area contributed by atoms with Gasteiger partial charge >= 0.3 is 0 Å². The third-order valence-corrected chi connectivity index (χ3v) is 3.45. The van der Waals surface area contributed by atoms with E-state index < -0.39 is 5.60 Å². The summed E-state index contributed by atoms with van der Waals surface area (Å²) in [6.45, 7) is 8.18. The summed E-state index contributed by atoms with van der Waals surface area (Å²) in [6, 6.07) is 0.615. The van der Waals surface area contributed by atoms with E-state index in [1.165, 1.54) is 32.5 Å². The zero-order chi connectivity index (χ0) is 10.2. The molecule has 3 rings (SSSR count). The highest BCUT2D eigenvalue weighted by Crippen LogP contribution is 2.27. The summed E-state index contributed by atoms with van der Waals surface area (Å²) in [5.74, 6) is 0.849. The second kappa shape index (κ2) is 3.80. The molecule has 2 N–H and O–H groups in total. The lowest BCUT2D eigenvalue weighted by Crippen LogP contribution is -2.57. The summed E-state index contributed by atoms with van der Waals surface area (Å²) in [6.07, 6.45) is 2.67. The van der Waals surface area contributed by atoms with Crippen molar-refractivity contribution >= 4 is 0 Å². The molecule has 0 aromatic heterocycles. The Hall–Kier alpha value is -0.120. The van der Waals surface area contributed by atoms with Crippen LogP contribution >= 0.6 is 0 Å². The van der Waals surface area contributed by atoms with Crippen molar-refractivity contribution in [2.75, 3.05) is 26.2 Å². The molecule has 0 saturated carbocycles. The van der Waals surface area contributed by atoms with Gasteiger partial charge in [-0.2, -0.15) is 0 Å². The molecule has 0 aromatic carbocycles. The third-order valence-electron chi connectivity index (χ3n) is 3.45. The topological polar surface area (TPSA) is 35.5 Å². The standard InChI is InChI=1S/C11H22N2O/c1-11(2,14)8-12-10-7-13-5-3-9(10)4-6-13/h9-10,12,14H,3-8H2,1-2H3. The zero-order valence-corrected chi connectivity index (χ0v) is 9.29. The highest BCUT2D eigenvalue weighted by atomic mass is 16.3. The van der Waals surface area contributed by atoms with E-state index in [2.05, 4.69) is 10.2 Å². The van der Waals surface area contributed by atoms with E-state index in [1.807, 2.05) is 13.8 Å². The van der Waals surface area contributed by atoms with Crippen molar-refractivity contribution in [3.05, 3.63) is 0 Å². The Balaban J connectivity index is 1.81. The fourth-order valence-electron chi connectivity index (χ4n) is 2.58. The van der Waals surface area contributed by atoms with Gasteiger partial charge in [0.15, 0.2) is 0 Å². The highest BCUT2D eigenvalue weighted by Gasteiger charge is 2.34. The van der Waals surface area contributed by atoms with E-state index in [0.29, 0.717) is 12.6 Å². The molecule has 3 fully saturated rings. The van der Waals surface area contributed by atoms with Gasteiger partial charge in [-0.3, -0.25) is 0 Å². The van der Waals surface area contributed by atoms with Crippen molar-refractivity contribution in [1.82, 2.24) is 10.2 Å². The number of fused-ring (bicyclic) bond motifs is 3. The van der Waals surface area contributed by atoms with E-state index in [-0.39, 0.29) is 0 Å². The zero-order valence-electron chi connectivity index (χ0n) is 9.29. The molecular weight excluding hydrogens is 176 g/mol. The first-order valence-corrected chi connectivity index (χ1v) is 5.73. The summed E-state index contributed by atoms with van der Waals surface area (Å²) in [5, 5.41) is 13.1. The minimum absolute atomic E-state index is 0.577. The molecule has 0 aromatic rings. The van der Waals surface area contributed by atoms with E-state index in [9.17, 15) is 5.11 Å². The summed E-state index contributed by atoms with van der Waals surface area (Å²) in [7, 11) is 0. The molecule has 3 heterocycles. The van der Waals surface area contributed by atoms with Crippen LogP contribution in [0.4, 0.5) is 0 Å². The van der Waals surface area contributed by atoms with Crippen molar-refractivity contribution in [1.29, 1.82) is 0 Å². The van der Waals surface area contributed by atoms with Crippen LogP contribution in [-0.2, 0) is 0 Å². The Morgan fingerprint density at radius 3 is 2.43 bits per heavy atom. The molecule has 0 radical (unpaired) electrons. The fourth-order valence-corrected chi connectivity index (χ4v) is 2.58. The van der Waals surface area contributed by atoms with Crippen molar-refractivity contribution in [2.45, 2.75) is 38.3 Å². The van der Waals surface area contributed by atoms with Crippen LogP contribution in [-0.4, -0.2) is 47.8 Å². The number of rotatable bonds is 3. The van der Waals surface area contributed by atoms with Crippen LogP contribution in [0.5, 0.6) is 0 Å². The second-order valence-corrected chi connectivity index (χ2v) is 5.44. The van der Waals surface area contributed by atoms with Gasteiger partial charge in [0.05, 0.1) is 5.60 Å². The van der Waals surface area contributed by atoms with Crippen molar-refractivity contribution in [3.8, 4) is 0 Å². The SMILES string of the molecule is CC(C)(O)CNC1CN2CCC1CC2. The molecule has 0 aliphatic carbocycles. The van der Waals surface area contributed by atoms with E-state index in [4.69, 9.17) is 0 Å². The van der Waals surface area contributed by atoms with Gasteiger partial charge in [-0.15, -0.1) is 0 Å². The quantitative estimate of drug-likeness (QED) is 0.691. The smallest absolute Gasteiger partial charge is 0.0715 e. The lowest BCUT2D eigenvalue weighted by Gasteiger charge is -2.45. The normalized spacial score (nSPS) is 37.5. The molecule has 1 atom stereocenters. The monoisotopic (exact) mass is 198 g/mol. The molecule has 1 unspecified atom stereocenters. The van der Waals surface area contributed by atoms with E-state index >= 15 is 0 Å². The van der Waals surface area contributed by atoms with Gasteiger partial charge in [0.1, 0.15) is 0 Å². The van der Waals surface area contributed by atoms with Gasteiger partial charge in [-0.05, 0) is 45.7 Å². The van der Waals surface area contributed by atoms with Crippen LogP contribution in [0, 0.1) is 5.92 Å². The maximum Gasteiger partial charge on any atom is 0.0715 e. The first kappa shape index (κ1) is 10.4. The number of nitrogens with one attached hydrogen (secondary N) is 1. The van der Waals surface area contributed by atoms with Crippen molar-refractivity contribution < 1.29 is 5.11 Å². The van der Waals surface area contributed by atoms with Gasteiger partial charge in [0.2, 0.25) is 0 Å². The Morgan fingerprint density at radius 2 is 2.00 bits per heavy atom. The first-order valence-electron chi connectivity index (χ1n) is 5.73. The van der Waals surface area contributed by atoms with Crippen molar-refractivity contribution in [3.63, 3.8) is 0 Å². The molecule has 0 amide bonds. The van der Waals surface area contributed by atoms with Gasteiger partial charge in [-0.1, -0.05) is 0 Å². The van der Waals surface area contributed by atoms with Gasteiger partial charge < -0.3 is 15.3 Å². The van der Waals surface area contributed by atoms with Crippen LogP contribution < -0.4 is 5.32 Å². The number of aliphatic hydroxyl groups is 1. The predicted molar refractivity (Wildman–Crippen MR) is 57.3 cm³/mol. The van der Waals surface area contributed by atoms with Crippen LogP contribution in [0.15, 0.2) is 0 Å². The lowest BCUT2D eigenvalue weighted by atomic mass is 9.84. The lowest BCUT2D eigenvalue weighted by molar-refractivity contribution is 0.0409. The van der Waals surface area contributed by atoms with Crippen molar-refractivity contribution in [2.24, 2.45) is 5.92 Å². The Bertz CT molecular complexity index is 192. The summed E-state index contributed by atoms with van der Waals surface area (Å²) < 4.78 is 0. The minimum Gasteiger partial charge on any atom is -0.389 e. The van der Waals surface area contributed by atoms with Crippen LogP contribution in [0.3, 0.4) is 0 Å². The molecule has 3 aliphatic rings. The van der Waals surface area contributed by atoms with Crippen LogP contribution in [0.25, 0.3) is 0 Å². The summed E-state index contributed by atoms with van der Waals surface area (Å²) in [4.78, 5) is 2.53. The molecular formula is C11H22N2O. The Labute approximate surface area is 86.5 Å². The molecule has 2 bridgehead atoms. The highest BCUT2D eigenvalue weighted by molar-refractivity contribution is 4.91. The maximum absolute atomic E-state index is 9.64. The molecule has 3 saturated heterocycles. The molecule has 82 valence electrons. The summed E-state index contributed by atoms with van der Waals surface area (Å²) >= 11 is 0. The Kier molecular flexibility index (Phi) is 2.82.